The third kappa shape index (κ3) is 28.5. The van der Waals surface area contributed by atoms with Crippen LogP contribution in [0.1, 0.15) is 176 Å². The smallest absolute Gasteiger partial charge is 0.139 e. The molecule has 1 rings (SSSR count). The molecule has 2 atom stereocenters. The quantitative estimate of drug-likeness (QED) is 0.0549. The maximum Gasteiger partial charge on any atom is 0.139 e. The third-order valence-corrected chi connectivity index (χ3v) is 13.0. The highest BCUT2D eigenvalue weighted by Gasteiger charge is 2.26. The van der Waals surface area contributed by atoms with Gasteiger partial charge in [-0.2, -0.15) is 0 Å². The first-order valence-electron chi connectivity index (χ1n) is 21.8. The fourth-order valence-corrected chi connectivity index (χ4v) is 8.72. The molecule has 53 heavy (non-hydrogen) atoms. The largest absolute Gasteiger partial charge is 0.778 e. The molecule has 0 radical (unpaired) electrons. The van der Waals surface area contributed by atoms with Gasteiger partial charge in [0.15, 0.2) is 0 Å². The highest BCUT2D eigenvalue weighted by Crippen LogP contribution is 2.42. The first-order chi connectivity index (χ1) is 25.3. The fraction of sp³-hybridized carbons (Fsp3) is 0.860. The number of nitrogens with zero attached hydrogens (tertiary/aromatic N) is 2. The Kier molecular flexibility index (Phi) is 34.5. The Labute approximate surface area is 330 Å². The van der Waals surface area contributed by atoms with Crippen molar-refractivity contribution >= 4 is 15.2 Å². The second-order valence-electron chi connectivity index (χ2n) is 15.3. The zero-order chi connectivity index (χ0) is 40.5. The van der Waals surface area contributed by atoms with Crippen LogP contribution >= 0.6 is 15.2 Å². The molecule has 2 unspecified atom stereocenters. The van der Waals surface area contributed by atoms with Crippen LogP contribution in [-0.2, 0) is 30.5 Å². The van der Waals surface area contributed by atoms with Crippen LogP contribution in [0.15, 0.2) is 24.3 Å². The first-order valence-corrected chi connectivity index (χ1v) is 25.3. The van der Waals surface area contributed by atoms with Crippen LogP contribution in [0.25, 0.3) is 0 Å². The summed E-state index contributed by atoms with van der Waals surface area (Å²) in [5.74, 6) is 0. The number of hydrogen-bond acceptors (Lipinski definition) is 6. The van der Waals surface area contributed by atoms with Gasteiger partial charge in [-0.3, -0.25) is 0 Å². The van der Waals surface area contributed by atoms with E-state index in [0.717, 1.165) is 7.11 Å². The van der Waals surface area contributed by atoms with Crippen LogP contribution < -0.4 is 9.79 Å². The molecule has 8 nitrogen and oxygen atoms in total. The number of hydrogen-bond donors (Lipinski definition) is 0. The molecule has 0 bridgehead atoms. The second-order valence-corrected chi connectivity index (χ2v) is 19.0. The molecule has 0 aliphatic heterocycles. The summed E-state index contributed by atoms with van der Waals surface area (Å²) in [6.07, 6.45) is 21.7. The number of quaternary nitrogens is 2. The first kappa shape index (κ1) is 54.5. The molecular weight excluding hydrogens is 702 g/mol. The lowest BCUT2D eigenvalue weighted by atomic mass is 10.1. The van der Waals surface area contributed by atoms with E-state index in [2.05, 4.69) is 64.4 Å². The number of rotatable bonds is 31. The zero-order valence-electron chi connectivity index (χ0n) is 36.6. The second kappa shape index (κ2) is 33.6. The normalized spacial score (nSPS) is 14.0. The van der Waals surface area contributed by atoms with E-state index in [1.165, 1.54) is 164 Å². The molecule has 0 aromatic heterocycles. The lowest BCUT2D eigenvalue weighted by molar-refractivity contribution is -0.929. The van der Waals surface area contributed by atoms with Crippen LogP contribution in [0.3, 0.4) is 0 Å². The lowest BCUT2D eigenvalue weighted by Crippen LogP contribution is -2.50. The topological polar surface area (TPSA) is 98.7 Å². The van der Waals surface area contributed by atoms with Gasteiger partial charge >= 0.3 is 0 Å². The van der Waals surface area contributed by atoms with Crippen molar-refractivity contribution in [3.05, 3.63) is 35.4 Å². The highest BCUT2D eigenvalue weighted by molar-refractivity contribution is 7.50. The van der Waals surface area contributed by atoms with Crippen molar-refractivity contribution in [2.24, 2.45) is 0 Å². The van der Waals surface area contributed by atoms with Gasteiger partial charge in [0.1, 0.15) is 15.2 Å². The van der Waals surface area contributed by atoms with Crippen LogP contribution in [0.5, 0.6) is 0 Å². The van der Waals surface area contributed by atoms with Crippen LogP contribution in [0.4, 0.5) is 0 Å². The molecule has 0 saturated heterocycles. The summed E-state index contributed by atoms with van der Waals surface area (Å²) in [7, 11) is -6.61. The van der Waals surface area contributed by atoms with E-state index in [-0.39, 0.29) is 18.9 Å². The predicted molar refractivity (Wildman–Crippen MR) is 226 cm³/mol. The highest BCUT2D eigenvalue weighted by atomic mass is 31.2. The van der Waals surface area contributed by atoms with E-state index >= 15 is 0 Å². The Bertz CT molecular complexity index is 945. The molecule has 1 aromatic rings. The summed E-state index contributed by atoms with van der Waals surface area (Å²) < 4.78 is 34.6. The summed E-state index contributed by atoms with van der Waals surface area (Å²) in [4.78, 5) is 22.7. The van der Waals surface area contributed by atoms with Gasteiger partial charge in [0.05, 0.1) is 59.0 Å². The van der Waals surface area contributed by atoms with E-state index in [1.807, 2.05) is 0 Å². The van der Waals surface area contributed by atoms with Crippen molar-refractivity contribution in [1.29, 1.82) is 0 Å². The van der Waals surface area contributed by atoms with Crippen molar-refractivity contribution in [3.8, 4) is 0 Å². The fourth-order valence-electron chi connectivity index (χ4n) is 6.79. The van der Waals surface area contributed by atoms with Crippen molar-refractivity contribution in [2.75, 3.05) is 66.1 Å². The Balaban J connectivity index is 0. The molecule has 10 heteroatoms. The minimum atomic E-state index is -3.87. The van der Waals surface area contributed by atoms with Gasteiger partial charge in [0.25, 0.3) is 0 Å². The summed E-state index contributed by atoms with van der Waals surface area (Å²) in [6, 6.07) is 6.25. The monoisotopic (exact) mass is 791 g/mol. The predicted octanol–water partition coefficient (Wildman–Crippen LogP) is 11.5. The van der Waals surface area contributed by atoms with Crippen molar-refractivity contribution in [3.63, 3.8) is 0 Å². The van der Waals surface area contributed by atoms with E-state index in [4.69, 9.17) is 0 Å². The van der Waals surface area contributed by atoms with Gasteiger partial charge in [-0.05, 0) is 69.4 Å². The maximum atomic E-state index is 11.5. The molecular formula is C43H88N2O6P2. The van der Waals surface area contributed by atoms with Gasteiger partial charge in [-0.1, -0.05) is 131 Å². The van der Waals surface area contributed by atoms with E-state index in [1.54, 1.807) is 31.2 Å². The zero-order valence-corrected chi connectivity index (χ0v) is 38.4. The molecule has 316 valence electrons. The number of unbranched alkanes of at least 4 members (excludes halogenated alkanes) is 8. The van der Waals surface area contributed by atoms with Gasteiger partial charge in [-0.25, -0.2) is 0 Å². The van der Waals surface area contributed by atoms with E-state index in [0.29, 0.717) is 11.1 Å². The molecule has 1 aromatic carbocycles. The van der Waals surface area contributed by atoms with E-state index < -0.39 is 15.2 Å². The molecule has 0 fully saturated rings. The van der Waals surface area contributed by atoms with Gasteiger partial charge in [0.2, 0.25) is 0 Å². The van der Waals surface area contributed by atoms with Crippen LogP contribution in [0.2, 0.25) is 0 Å². The Hall–Kier alpha value is -0.560. The molecule has 0 spiro atoms. The summed E-state index contributed by atoms with van der Waals surface area (Å²) in [5.41, 5.74) is 1.09. The lowest BCUT2D eigenvalue weighted by Gasteiger charge is -2.39. The molecule has 0 heterocycles. The molecule has 0 N–H and O–H groups in total. The van der Waals surface area contributed by atoms with Crippen LogP contribution in [-0.4, -0.2) is 75.0 Å². The summed E-state index contributed by atoms with van der Waals surface area (Å²) >= 11 is 0. The van der Waals surface area contributed by atoms with Crippen LogP contribution in [0, 0.1) is 0 Å². The average molecular weight is 791 g/mol. The molecule has 0 aliphatic rings. The standard InChI is InChI=1S/2C16H36N.C11H18O6P2/c2*1-5-9-13-17(14-10-6-2,15-11-7-3)16-12-8-4;1-3-17-19(14,15)9-11-6-4-10(5-7-11)8-18(12,13)16-2/h2*5-16H2,1-4H3;4-7H,3,8-9H2,1-2H3,(H,12,13)(H,14,15)/q2*+1;/p-2. The summed E-state index contributed by atoms with van der Waals surface area (Å²) in [6.45, 7) is 31.7. The van der Waals surface area contributed by atoms with Crippen molar-refractivity contribution < 1.29 is 36.9 Å². The SMILES string of the molecule is CCCC[N+](CCCC)(CCCC)CCCC.CCCC[N+](CCCC)(CCCC)CCCC.CCOP(=O)([O-])Cc1ccc(CP(=O)([O-])OC)cc1. The summed E-state index contributed by atoms with van der Waals surface area (Å²) in [5, 5.41) is 0. The molecule has 0 saturated carbocycles. The van der Waals surface area contributed by atoms with Crippen molar-refractivity contribution in [1.82, 2.24) is 0 Å². The Morgan fingerprint density at radius 3 is 0.868 bits per heavy atom. The maximum absolute atomic E-state index is 11.5. The van der Waals surface area contributed by atoms with Gasteiger partial charge in [-0.15, -0.1) is 0 Å². The average Bonchev–Trinajstić information content (AvgIpc) is 3.14. The van der Waals surface area contributed by atoms with Gasteiger partial charge in [0, 0.05) is 19.4 Å². The minimum absolute atomic E-state index is 0.103. The van der Waals surface area contributed by atoms with Gasteiger partial charge < -0.3 is 36.9 Å². The molecule has 0 amide bonds. The Morgan fingerprint density at radius 1 is 0.453 bits per heavy atom. The molecule has 0 aliphatic carbocycles. The Morgan fingerprint density at radius 2 is 0.679 bits per heavy atom. The van der Waals surface area contributed by atoms with Crippen molar-refractivity contribution in [2.45, 2.75) is 177 Å². The number of benzene rings is 1. The minimum Gasteiger partial charge on any atom is -0.778 e. The van der Waals surface area contributed by atoms with E-state index in [9.17, 15) is 18.9 Å². The third-order valence-electron chi connectivity index (χ3n) is 10.3.